The third kappa shape index (κ3) is 3.81. The molecule has 4 aromatic rings. The number of nitrogen functional groups attached to an aromatic ring is 1. The molecule has 1 aromatic carbocycles. The molecule has 0 fully saturated rings. The summed E-state index contributed by atoms with van der Waals surface area (Å²) >= 11 is 1.41. The summed E-state index contributed by atoms with van der Waals surface area (Å²) < 4.78 is 6.86. The van der Waals surface area contributed by atoms with E-state index in [1.54, 1.807) is 11.6 Å². The molecule has 7 nitrogen and oxygen atoms in total. The second kappa shape index (κ2) is 7.69. The molecule has 0 spiro atoms. The van der Waals surface area contributed by atoms with Crippen molar-refractivity contribution in [2.24, 2.45) is 0 Å². The van der Waals surface area contributed by atoms with Gasteiger partial charge in [-0.3, -0.25) is 4.79 Å². The molecule has 142 valence electrons. The van der Waals surface area contributed by atoms with Crippen molar-refractivity contribution < 1.29 is 9.53 Å². The van der Waals surface area contributed by atoms with Crippen LogP contribution < -0.4 is 15.8 Å². The second-order valence-corrected chi connectivity index (χ2v) is 7.16. The summed E-state index contributed by atoms with van der Waals surface area (Å²) in [5.74, 6) is 0.974. The van der Waals surface area contributed by atoms with E-state index in [0.29, 0.717) is 17.1 Å². The van der Waals surface area contributed by atoms with Gasteiger partial charge in [-0.2, -0.15) is 4.98 Å². The van der Waals surface area contributed by atoms with E-state index in [1.807, 2.05) is 54.0 Å². The maximum atomic E-state index is 12.4. The van der Waals surface area contributed by atoms with Crippen LogP contribution in [0.15, 0.2) is 54.0 Å². The minimum Gasteiger partial charge on any atom is -0.497 e. The normalized spacial score (nSPS) is 10.9. The molecule has 1 amide bonds. The molecule has 0 saturated heterocycles. The van der Waals surface area contributed by atoms with Gasteiger partial charge in [-0.05, 0) is 53.3 Å². The summed E-state index contributed by atoms with van der Waals surface area (Å²) in [4.78, 5) is 17.2. The van der Waals surface area contributed by atoms with Crippen LogP contribution in [-0.4, -0.2) is 34.2 Å². The Morgan fingerprint density at radius 1 is 1.25 bits per heavy atom. The number of hydrogen-bond donors (Lipinski definition) is 2. The molecule has 3 heterocycles. The number of aromatic nitrogens is 3. The van der Waals surface area contributed by atoms with Gasteiger partial charge in [0, 0.05) is 18.3 Å². The van der Waals surface area contributed by atoms with Crippen molar-refractivity contribution in [3.8, 4) is 16.9 Å². The molecular weight excluding hydrogens is 374 g/mol. The van der Waals surface area contributed by atoms with Gasteiger partial charge in [0.2, 0.25) is 5.95 Å². The van der Waals surface area contributed by atoms with Crippen molar-refractivity contribution in [3.63, 3.8) is 0 Å². The van der Waals surface area contributed by atoms with Gasteiger partial charge in [-0.1, -0.05) is 12.1 Å². The van der Waals surface area contributed by atoms with Crippen molar-refractivity contribution in [2.45, 2.75) is 6.42 Å². The number of amides is 1. The number of hydrogen-bond acceptors (Lipinski definition) is 6. The number of nitrogens with one attached hydrogen (secondary N) is 1. The van der Waals surface area contributed by atoms with Crippen molar-refractivity contribution in [1.82, 2.24) is 19.9 Å². The number of ether oxygens (including phenoxy) is 1. The van der Waals surface area contributed by atoms with Gasteiger partial charge in [-0.25, -0.2) is 4.52 Å². The Labute approximate surface area is 165 Å². The summed E-state index contributed by atoms with van der Waals surface area (Å²) in [6.45, 7) is 0.559. The van der Waals surface area contributed by atoms with Gasteiger partial charge in [0.05, 0.1) is 12.0 Å². The van der Waals surface area contributed by atoms with Gasteiger partial charge >= 0.3 is 0 Å². The van der Waals surface area contributed by atoms with Crippen LogP contribution in [0.25, 0.3) is 16.8 Å². The molecule has 0 bridgehead atoms. The molecule has 0 unspecified atom stereocenters. The number of nitrogens with zero attached hydrogens (tertiary/aromatic N) is 3. The number of methoxy groups -OCH3 is 1. The number of carbonyl (C=O) groups is 1. The zero-order chi connectivity index (χ0) is 19.5. The molecule has 0 aliphatic rings. The van der Waals surface area contributed by atoms with Gasteiger partial charge in [0.1, 0.15) is 5.75 Å². The minimum absolute atomic E-state index is 0.0785. The highest BCUT2D eigenvalue weighted by atomic mass is 32.1. The quantitative estimate of drug-likeness (QED) is 0.525. The van der Waals surface area contributed by atoms with Crippen molar-refractivity contribution in [1.29, 1.82) is 0 Å². The SMILES string of the molecule is COc1cccc(CCNC(=O)c2cc(-c3ccc4nc(N)nn4c3)cs2)c1. The lowest BCUT2D eigenvalue weighted by Gasteiger charge is -2.06. The first-order chi connectivity index (χ1) is 13.6. The minimum atomic E-state index is -0.0785. The lowest BCUT2D eigenvalue weighted by atomic mass is 10.1. The number of fused-ring (bicyclic) bond motifs is 1. The third-order valence-corrected chi connectivity index (χ3v) is 5.27. The van der Waals surface area contributed by atoms with Gasteiger partial charge in [-0.15, -0.1) is 16.4 Å². The molecule has 3 aromatic heterocycles. The first-order valence-corrected chi connectivity index (χ1v) is 9.62. The average Bonchev–Trinajstić information content (AvgIpc) is 3.33. The van der Waals surface area contributed by atoms with E-state index in [-0.39, 0.29) is 11.9 Å². The van der Waals surface area contributed by atoms with Crippen molar-refractivity contribution in [2.75, 3.05) is 19.4 Å². The van der Waals surface area contributed by atoms with Gasteiger partial charge in [0.25, 0.3) is 5.91 Å². The van der Waals surface area contributed by atoms with Crippen molar-refractivity contribution in [3.05, 3.63) is 64.5 Å². The van der Waals surface area contributed by atoms with E-state index in [1.165, 1.54) is 11.3 Å². The fourth-order valence-electron chi connectivity index (χ4n) is 2.91. The van der Waals surface area contributed by atoms with E-state index < -0.39 is 0 Å². The van der Waals surface area contributed by atoms with Crippen LogP contribution in [0.5, 0.6) is 5.75 Å². The van der Waals surface area contributed by atoms with Crippen LogP contribution >= 0.6 is 11.3 Å². The van der Waals surface area contributed by atoms with Crippen molar-refractivity contribution >= 4 is 28.8 Å². The molecule has 0 atom stereocenters. The Morgan fingerprint density at radius 2 is 2.14 bits per heavy atom. The summed E-state index contributed by atoms with van der Waals surface area (Å²) in [5, 5.41) is 9.05. The predicted octanol–water partition coefficient (Wildman–Crippen LogP) is 3.02. The van der Waals surface area contributed by atoms with Crippen LogP contribution in [0.4, 0.5) is 5.95 Å². The predicted molar refractivity (Wildman–Crippen MR) is 110 cm³/mol. The molecule has 8 heteroatoms. The maximum Gasteiger partial charge on any atom is 0.261 e. The highest BCUT2D eigenvalue weighted by Gasteiger charge is 2.11. The number of thiophene rings is 1. The number of carbonyl (C=O) groups excluding carboxylic acids is 1. The first-order valence-electron chi connectivity index (χ1n) is 8.74. The fraction of sp³-hybridized carbons (Fsp3) is 0.150. The standard InChI is InChI=1S/C20H19N5O2S/c1-27-16-4-2-3-13(9-16)7-8-22-19(26)17-10-15(12-28-17)14-5-6-18-23-20(21)24-25(18)11-14/h2-6,9-12H,7-8H2,1H3,(H2,21,24)(H,22,26). The Hall–Kier alpha value is -3.39. The van der Waals surface area contributed by atoms with Crippen LogP contribution in [-0.2, 0) is 6.42 Å². The summed E-state index contributed by atoms with van der Waals surface area (Å²) in [5.41, 5.74) is 9.34. The lowest BCUT2D eigenvalue weighted by molar-refractivity contribution is 0.0958. The largest absolute Gasteiger partial charge is 0.497 e. The highest BCUT2D eigenvalue weighted by Crippen LogP contribution is 2.26. The Balaban J connectivity index is 1.40. The molecule has 0 aliphatic carbocycles. The Kier molecular flexibility index (Phi) is 4.94. The Bertz CT molecular complexity index is 1130. The molecule has 0 saturated carbocycles. The number of nitrogens with two attached hydrogens (primary N) is 1. The van der Waals surface area contributed by atoms with Crippen LogP contribution in [0.1, 0.15) is 15.2 Å². The van der Waals surface area contributed by atoms with E-state index in [4.69, 9.17) is 10.5 Å². The first kappa shape index (κ1) is 18.0. The molecule has 28 heavy (non-hydrogen) atoms. The van der Waals surface area contributed by atoms with Crippen LogP contribution in [0.2, 0.25) is 0 Å². The molecular formula is C20H19N5O2S. The monoisotopic (exact) mass is 393 g/mol. The highest BCUT2D eigenvalue weighted by molar-refractivity contribution is 7.12. The van der Waals surface area contributed by atoms with Gasteiger partial charge in [0.15, 0.2) is 5.65 Å². The van der Waals surface area contributed by atoms with E-state index in [2.05, 4.69) is 15.4 Å². The maximum absolute atomic E-state index is 12.4. The van der Waals surface area contributed by atoms with Crippen LogP contribution in [0, 0.1) is 0 Å². The summed E-state index contributed by atoms with van der Waals surface area (Å²) in [6, 6.07) is 13.5. The third-order valence-electron chi connectivity index (χ3n) is 4.34. The van der Waals surface area contributed by atoms with E-state index in [9.17, 15) is 4.79 Å². The Morgan fingerprint density at radius 3 is 3.00 bits per heavy atom. The number of anilines is 1. The molecule has 3 N–H and O–H groups in total. The summed E-state index contributed by atoms with van der Waals surface area (Å²) in [6.07, 6.45) is 2.59. The zero-order valence-electron chi connectivity index (χ0n) is 15.3. The molecule has 0 aliphatic heterocycles. The topological polar surface area (TPSA) is 94.5 Å². The molecule has 4 rings (SSSR count). The summed E-state index contributed by atoms with van der Waals surface area (Å²) in [7, 11) is 1.64. The fourth-order valence-corrected chi connectivity index (χ4v) is 3.75. The van der Waals surface area contributed by atoms with Crippen LogP contribution in [0.3, 0.4) is 0 Å². The average molecular weight is 393 g/mol. The lowest BCUT2D eigenvalue weighted by Crippen LogP contribution is -2.24. The second-order valence-electron chi connectivity index (χ2n) is 6.25. The number of rotatable bonds is 6. The van der Waals surface area contributed by atoms with E-state index >= 15 is 0 Å². The number of benzene rings is 1. The smallest absolute Gasteiger partial charge is 0.261 e. The van der Waals surface area contributed by atoms with Gasteiger partial charge < -0.3 is 15.8 Å². The van der Waals surface area contributed by atoms with E-state index in [0.717, 1.165) is 28.9 Å². The zero-order valence-corrected chi connectivity index (χ0v) is 16.1. The number of pyridine rings is 1. The molecule has 0 radical (unpaired) electrons.